The van der Waals surface area contributed by atoms with Gasteiger partial charge in [0.05, 0.1) is 5.69 Å². The van der Waals surface area contributed by atoms with Crippen molar-refractivity contribution < 1.29 is 26.7 Å². The smallest absolute Gasteiger partial charge is 0.378 e. The van der Waals surface area contributed by atoms with Crippen molar-refractivity contribution in [1.29, 1.82) is 0 Å². The van der Waals surface area contributed by atoms with E-state index in [0.29, 0.717) is 9.87 Å². The van der Waals surface area contributed by atoms with Crippen molar-refractivity contribution in [2.24, 2.45) is 0 Å². The van der Waals surface area contributed by atoms with Crippen LogP contribution in [0, 0.1) is 0 Å². The van der Waals surface area contributed by atoms with E-state index in [4.69, 9.17) is 0 Å². The largest absolute Gasteiger partial charge is 0.516 e. The van der Waals surface area contributed by atoms with E-state index < -0.39 is 27.2 Å². The van der Waals surface area contributed by atoms with Gasteiger partial charge in [0.25, 0.3) is 0 Å². The van der Waals surface area contributed by atoms with Crippen molar-refractivity contribution in [2.45, 2.75) is 17.2 Å². The van der Waals surface area contributed by atoms with Crippen molar-refractivity contribution in [3.63, 3.8) is 0 Å². The lowest BCUT2D eigenvalue weighted by Crippen LogP contribution is -2.46. The summed E-state index contributed by atoms with van der Waals surface area (Å²) in [6, 6.07) is 20.1. The second-order valence-electron chi connectivity index (χ2n) is 6.71. The number of halogens is 3. The molecule has 0 saturated heterocycles. The van der Waals surface area contributed by atoms with Gasteiger partial charge in [-0.3, -0.25) is 4.31 Å². The summed E-state index contributed by atoms with van der Waals surface area (Å²) in [5.74, 6) is 0. The lowest BCUT2D eigenvalue weighted by atomic mass is 9.80. The van der Waals surface area contributed by atoms with Gasteiger partial charge in [-0.25, -0.2) is 0 Å². The number of nitrogens with zero attached hydrogens (tertiary/aromatic N) is 1. The van der Waals surface area contributed by atoms with E-state index in [1.807, 2.05) is 0 Å². The molecule has 0 amide bonds. The van der Waals surface area contributed by atoms with Crippen LogP contribution in [0.3, 0.4) is 0 Å². The summed E-state index contributed by atoms with van der Waals surface area (Å²) in [6.07, 6.45) is 0. The summed E-state index contributed by atoms with van der Waals surface area (Å²) in [6.45, 7) is 0. The van der Waals surface area contributed by atoms with Gasteiger partial charge >= 0.3 is 15.5 Å². The first kappa shape index (κ1) is 19.5. The quantitative estimate of drug-likeness (QED) is 0.687. The van der Waals surface area contributed by atoms with Gasteiger partial charge in [-0.1, -0.05) is 78.9 Å². The molecule has 0 aromatic heterocycles. The first-order chi connectivity index (χ1) is 13.7. The lowest BCUT2D eigenvalue weighted by Gasteiger charge is -2.36. The molecular formula is C21H16F3NO3S. The zero-order valence-electron chi connectivity index (χ0n) is 14.9. The van der Waals surface area contributed by atoms with E-state index in [2.05, 4.69) is 0 Å². The van der Waals surface area contributed by atoms with E-state index >= 15 is 0 Å². The van der Waals surface area contributed by atoms with E-state index in [1.54, 1.807) is 54.6 Å². The van der Waals surface area contributed by atoms with E-state index in [0.717, 1.165) is 0 Å². The molecule has 8 heteroatoms. The molecule has 4 rings (SSSR count). The molecule has 1 aliphatic heterocycles. The third-order valence-electron chi connectivity index (χ3n) is 5.06. The molecule has 0 spiro atoms. The normalized spacial score (nSPS) is 21.8. The van der Waals surface area contributed by atoms with Crippen LogP contribution in [-0.2, 0) is 15.6 Å². The zero-order chi connectivity index (χ0) is 20.9. The van der Waals surface area contributed by atoms with Crippen LogP contribution in [0.25, 0.3) is 0 Å². The fourth-order valence-corrected chi connectivity index (χ4v) is 5.03. The number of fused-ring (bicyclic) bond motifs is 1. The fourth-order valence-electron chi connectivity index (χ4n) is 3.84. The molecule has 0 radical (unpaired) electrons. The Hall–Kier alpha value is -2.84. The van der Waals surface area contributed by atoms with Crippen LogP contribution < -0.4 is 4.31 Å². The van der Waals surface area contributed by atoms with Gasteiger partial charge in [0.15, 0.2) is 0 Å². The Morgan fingerprint density at radius 3 is 1.93 bits per heavy atom. The van der Waals surface area contributed by atoms with Gasteiger partial charge in [-0.2, -0.15) is 21.6 Å². The van der Waals surface area contributed by atoms with Crippen LogP contribution in [0.15, 0.2) is 84.9 Å². The predicted molar refractivity (Wildman–Crippen MR) is 103 cm³/mol. The number of alkyl halides is 3. The van der Waals surface area contributed by atoms with Crippen molar-refractivity contribution in [3.05, 3.63) is 102 Å². The zero-order valence-corrected chi connectivity index (χ0v) is 15.7. The van der Waals surface area contributed by atoms with Crippen molar-refractivity contribution in [3.8, 4) is 0 Å². The van der Waals surface area contributed by atoms with Crippen LogP contribution in [0.5, 0.6) is 0 Å². The van der Waals surface area contributed by atoms with Crippen molar-refractivity contribution in [2.75, 3.05) is 4.31 Å². The molecule has 1 heterocycles. The molecule has 29 heavy (non-hydrogen) atoms. The molecule has 150 valence electrons. The van der Waals surface area contributed by atoms with E-state index in [-0.39, 0.29) is 16.8 Å². The molecule has 2 atom stereocenters. The van der Waals surface area contributed by atoms with Gasteiger partial charge in [0.1, 0.15) is 11.6 Å². The minimum absolute atomic E-state index is 0.0906. The van der Waals surface area contributed by atoms with Crippen molar-refractivity contribution in [1.82, 2.24) is 0 Å². The highest BCUT2D eigenvalue weighted by molar-refractivity contribution is 7.93. The summed E-state index contributed by atoms with van der Waals surface area (Å²) in [5, 5.41) is 11.9. The van der Waals surface area contributed by atoms with Crippen LogP contribution in [0.1, 0.15) is 22.7 Å². The Kier molecular flexibility index (Phi) is 4.43. The Balaban J connectivity index is 2.09. The molecule has 3 aromatic rings. The van der Waals surface area contributed by atoms with Crippen LogP contribution >= 0.6 is 0 Å². The van der Waals surface area contributed by atoms with Gasteiger partial charge in [-0.15, -0.1) is 0 Å². The number of sulfonamides is 1. The maximum absolute atomic E-state index is 13.6. The Bertz CT molecular complexity index is 1130. The van der Waals surface area contributed by atoms with Gasteiger partial charge in [0.2, 0.25) is 0 Å². The number of rotatable bonds is 3. The average Bonchev–Trinajstić information content (AvgIpc) is 2.99. The van der Waals surface area contributed by atoms with Gasteiger partial charge in [-0.05, 0) is 17.2 Å². The highest BCUT2D eigenvalue weighted by Crippen LogP contribution is 2.57. The fraction of sp³-hybridized carbons (Fsp3) is 0.143. The third-order valence-corrected chi connectivity index (χ3v) is 6.57. The van der Waals surface area contributed by atoms with Crippen molar-refractivity contribution >= 4 is 15.7 Å². The monoisotopic (exact) mass is 419 g/mol. The molecule has 0 bridgehead atoms. The topological polar surface area (TPSA) is 57.6 Å². The number of hydrogen-bond donors (Lipinski definition) is 1. The van der Waals surface area contributed by atoms with E-state index in [1.165, 1.54) is 30.3 Å². The molecular weight excluding hydrogens is 403 g/mol. The number of anilines is 1. The molecule has 0 aliphatic carbocycles. The van der Waals surface area contributed by atoms with E-state index in [9.17, 15) is 26.7 Å². The van der Waals surface area contributed by atoms with Crippen LogP contribution in [-0.4, -0.2) is 19.0 Å². The summed E-state index contributed by atoms with van der Waals surface area (Å²) in [5.41, 5.74) is -7.13. The lowest BCUT2D eigenvalue weighted by molar-refractivity contribution is -0.0445. The molecule has 3 aromatic carbocycles. The standard InChI is InChI=1S/C21H16F3NO3S/c22-21(23,24)29(27,28)25-18-14-8-7-13-17(18)20(26,16-11-5-2-6-12-16)19(25)15-9-3-1-4-10-15/h1-14,19,26H/t19-,20+/m0/s1. The second kappa shape index (κ2) is 6.60. The first-order valence-electron chi connectivity index (χ1n) is 8.72. The first-order valence-corrected chi connectivity index (χ1v) is 10.2. The average molecular weight is 419 g/mol. The Morgan fingerprint density at radius 1 is 0.828 bits per heavy atom. The summed E-state index contributed by atoms with van der Waals surface area (Å²) < 4.78 is 66.3. The van der Waals surface area contributed by atoms with Crippen LogP contribution in [0.4, 0.5) is 18.9 Å². The van der Waals surface area contributed by atoms with Gasteiger partial charge in [0, 0.05) is 5.56 Å². The Morgan fingerprint density at radius 2 is 1.34 bits per heavy atom. The highest BCUT2D eigenvalue weighted by Gasteiger charge is 2.61. The minimum Gasteiger partial charge on any atom is -0.378 e. The number of benzene rings is 3. The number of aliphatic hydroxyl groups is 1. The van der Waals surface area contributed by atoms with Crippen LogP contribution in [0.2, 0.25) is 0 Å². The highest BCUT2D eigenvalue weighted by atomic mass is 32.2. The summed E-state index contributed by atoms with van der Waals surface area (Å²) >= 11 is 0. The molecule has 1 aliphatic rings. The molecule has 1 N–H and O–H groups in total. The third kappa shape index (κ3) is 2.82. The predicted octanol–water partition coefficient (Wildman–Crippen LogP) is 4.33. The number of hydrogen-bond acceptors (Lipinski definition) is 3. The molecule has 4 nitrogen and oxygen atoms in total. The maximum atomic E-state index is 13.6. The molecule has 0 fully saturated rings. The maximum Gasteiger partial charge on any atom is 0.516 e. The van der Waals surface area contributed by atoms with Gasteiger partial charge < -0.3 is 5.11 Å². The molecule has 0 saturated carbocycles. The summed E-state index contributed by atoms with van der Waals surface area (Å²) in [7, 11) is -5.79. The minimum atomic E-state index is -5.79. The Labute approximate surface area is 165 Å². The number of para-hydroxylation sites is 1. The SMILES string of the molecule is O=S(=O)(N1c2ccccc2[C@](O)(c2ccccc2)[C@@H]1c1ccccc1)C(F)(F)F. The second-order valence-corrected chi connectivity index (χ2v) is 8.52. The summed E-state index contributed by atoms with van der Waals surface area (Å²) in [4.78, 5) is 0. The molecule has 0 unspecified atom stereocenters.